The summed E-state index contributed by atoms with van der Waals surface area (Å²) in [6.45, 7) is 0.835. The first-order valence-corrected chi connectivity index (χ1v) is 6.94. The lowest BCUT2D eigenvalue weighted by molar-refractivity contribution is -0.116. The predicted molar refractivity (Wildman–Crippen MR) is 79.9 cm³/mol. The lowest BCUT2D eigenvalue weighted by Crippen LogP contribution is -2.18. The molecule has 0 radical (unpaired) electrons. The summed E-state index contributed by atoms with van der Waals surface area (Å²) < 4.78 is 5.82. The molecule has 3 N–H and O–H groups in total. The van der Waals surface area contributed by atoms with E-state index in [1.807, 2.05) is 30.3 Å². The molecule has 5 heteroatoms. The molecule has 0 saturated heterocycles. The van der Waals surface area contributed by atoms with E-state index in [0.29, 0.717) is 19.6 Å². The third-order valence-electron chi connectivity index (χ3n) is 3.54. The molecule has 108 valence electrons. The normalized spacial score (nSPS) is 13.5. The maximum Gasteiger partial charge on any atom is 0.224 e. The molecule has 0 atom stereocenters. The highest BCUT2D eigenvalue weighted by Gasteiger charge is 2.15. The number of ether oxygens (including phenoxy) is 1. The number of hydrogen-bond acceptors (Lipinski definition) is 4. The van der Waals surface area contributed by atoms with Crippen molar-refractivity contribution >= 4 is 11.6 Å². The Labute approximate surface area is 123 Å². The first-order chi connectivity index (χ1) is 10.3. The van der Waals surface area contributed by atoms with Crippen LogP contribution in [0.5, 0.6) is 5.75 Å². The standard InChI is InChI=1S/C16H17N3O2/c17-9-15-12(2-1-7-18-15)10-21-13-4-5-14-11(8-13)3-6-16(20)19-14/h1-2,4-5,7-8H,3,6,9-10,17H2,(H,19,20). The van der Waals surface area contributed by atoms with E-state index < -0.39 is 0 Å². The van der Waals surface area contributed by atoms with Gasteiger partial charge in [0.15, 0.2) is 0 Å². The molecule has 0 fully saturated rings. The molecular formula is C16H17N3O2. The number of pyridine rings is 1. The molecule has 21 heavy (non-hydrogen) atoms. The molecule has 1 aromatic heterocycles. The number of aromatic nitrogens is 1. The Kier molecular flexibility index (Phi) is 3.83. The van der Waals surface area contributed by atoms with Crippen LogP contribution in [0.1, 0.15) is 23.2 Å². The number of aryl methyl sites for hydroxylation is 1. The molecule has 1 amide bonds. The van der Waals surface area contributed by atoms with Crippen molar-refractivity contribution in [2.45, 2.75) is 26.0 Å². The van der Waals surface area contributed by atoms with Crippen LogP contribution in [0, 0.1) is 0 Å². The Balaban J connectivity index is 1.72. The van der Waals surface area contributed by atoms with E-state index in [1.54, 1.807) is 6.20 Å². The fourth-order valence-electron chi connectivity index (χ4n) is 2.40. The Morgan fingerprint density at radius 1 is 1.29 bits per heavy atom. The number of carbonyl (C=O) groups excluding carboxylic acids is 1. The summed E-state index contributed by atoms with van der Waals surface area (Å²) in [5.41, 5.74) is 9.49. The van der Waals surface area contributed by atoms with Gasteiger partial charge in [0, 0.05) is 30.4 Å². The maximum absolute atomic E-state index is 11.3. The number of amides is 1. The van der Waals surface area contributed by atoms with Gasteiger partial charge in [-0.05, 0) is 36.2 Å². The van der Waals surface area contributed by atoms with Crippen LogP contribution in [0.3, 0.4) is 0 Å². The zero-order valence-corrected chi connectivity index (χ0v) is 11.6. The highest BCUT2D eigenvalue weighted by Crippen LogP contribution is 2.27. The second-order valence-electron chi connectivity index (χ2n) is 4.97. The summed E-state index contributed by atoms with van der Waals surface area (Å²) in [4.78, 5) is 15.6. The topological polar surface area (TPSA) is 77.2 Å². The number of nitrogens with two attached hydrogens (primary N) is 1. The van der Waals surface area contributed by atoms with Gasteiger partial charge in [-0.25, -0.2) is 0 Å². The van der Waals surface area contributed by atoms with Crippen LogP contribution < -0.4 is 15.8 Å². The van der Waals surface area contributed by atoms with Gasteiger partial charge in [-0.2, -0.15) is 0 Å². The molecule has 3 rings (SSSR count). The predicted octanol–water partition coefficient (Wildman–Crippen LogP) is 2.00. The highest BCUT2D eigenvalue weighted by atomic mass is 16.5. The van der Waals surface area contributed by atoms with Crippen LogP contribution >= 0.6 is 0 Å². The third kappa shape index (κ3) is 3.03. The molecule has 2 aromatic rings. The fraction of sp³-hybridized carbons (Fsp3) is 0.250. The van der Waals surface area contributed by atoms with Crippen LogP contribution in [0.2, 0.25) is 0 Å². The van der Waals surface area contributed by atoms with Crippen LogP contribution in [0.25, 0.3) is 0 Å². The molecule has 1 aliphatic rings. The van der Waals surface area contributed by atoms with Crippen molar-refractivity contribution in [1.29, 1.82) is 0 Å². The second-order valence-corrected chi connectivity index (χ2v) is 4.97. The van der Waals surface area contributed by atoms with Crippen molar-refractivity contribution in [3.8, 4) is 5.75 Å². The summed E-state index contributed by atoms with van der Waals surface area (Å²) in [5.74, 6) is 0.857. The van der Waals surface area contributed by atoms with Crippen molar-refractivity contribution in [2.75, 3.05) is 5.32 Å². The molecule has 1 aromatic carbocycles. The van der Waals surface area contributed by atoms with Crippen LogP contribution in [-0.4, -0.2) is 10.9 Å². The zero-order chi connectivity index (χ0) is 14.7. The number of nitrogens with zero attached hydrogens (tertiary/aromatic N) is 1. The average molecular weight is 283 g/mol. The number of fused-ring (bicyclic) bond motifs is 1. The largest absolute Gasteiger partial charge is 0.489 e. The van der Waals surface area contributed by atoms with Crippen molar-refractivity contribution in [3.63, 3.8) is 0 Å². The minimum Gasteiger partial charge on any atom is -0.489 e. The second kappa shape index (κ2) is 5.93. The summed E-state index contributed by atoms with van der Waals surface area (Å²) in [7, 11) is 0. The average Bonchev–Trinajstić information content (AvgIpc) is 2.53. The minimum atomic E-state index is 0.0686. The van der Waals surface area contributed by atoms with Gasteiger partial charge < -0.3 is 15.8 Å². The monoisotopic (exact) mass is 283 g/mol. The number of anilines is 1. The van der Waals surface area contributed by atoms with Gasteiger partial charge in [0.05, 0.1) is 5.69 Å². The zero-order valence-electron chi connectivity index (χ0n) is 11.6. The smallest absolute Gasteiger partial charge is 0.224 e. The Hall–Kier alpha value is -2.40. The summed E-state index contributed by atoms with van der Waals surface area (Å²) >= 11 is 0. The molecule has 0 bridgehead atoms. The molecule has 5 nitrogen and oxygen atoms in total. The van der Waals surface area contributed by atoms with Crippen LogP contribution in [0.15, 0.2) is 36.5 Å². The number of rotatable bonds is 4. The number of hydrogen-bond donors (Lipinski definition) is 2. The molecule has 0 unspecified atom stereocenters. The molecule has 0 aliphatic carbocycles. The van der Waals surface area contributed by atoms with Gasteiger partial charge in [-0.15, -0.1) is 0 Å². The van der Waals surface area contributed by atoms with Crippen molar-refractivity contribution in [3.05, 3.63) is 53.3 Å². The van der Waals surface area contributed by atoms with Gasteiger partial charge in [0.1, 0.15) is 12.4 Å². The maximum atomic E-state index is 11.3. The van der Waals surface area contributed by atoms with Crippen molar-refractivity contribution in [1.82, 2.24) is 4.98 Å². The Morgan fingerprint density at radius 3 is 3.05 bits per heavy atom. The molecule has 1 aliphatic heterocycles. The van der Waals surface area contributed by atoms with Gasteiger partial charge >= 0.3 is 0 Å². The van der Waals surface area contributed by atoms with E-state index in [-0.39, 0.29) is 5.91 Å². The Bertz CT molecular complexity index is 670. The summed E-state index contributed by atoms with van der Waals surface area (Å²) in [6.07, 6.45) is 3.00. The SMILES string of the molecule is NCc1ncccc1COc1ccc2c(c1)CCC(=O)N2. The summed E-state index contributed by atoms with van der Waals surface area (Å²) in [5, 5.41) is 2.86. The molecule has 0 saturated carbocycles. The third-order valence-corrected chi connectivity index (χ3v) is 3.54. The number of carbonyl (C=O) groups is 1. The molecule has 2 heterocycles. The van der Waals surface area contributed by atoms with Gasteiger partial charge in [-0.1, -0.05) is 6.07 Å². The first kappa shape index (κ1) is 13.6. The first-order valence-electron chi connectivity index (χ1n) is 6.94. The van der Waals surface area contributed by atoms with Gasteiger partial charge in [0.25, 0.3) is 0 Å². The van der Waals surface area contributed by atoms with Crippen LogP contribution in [-0.2, 0) is 24.4 Å². The highest BCUT2D eigenvalue weighted by molar-refractivity contribution is 5.93. The van der Waals surface area contributed by atoms with Crippen LogP contribution in [0.4, 0.5) is 5.69 Å². The van der Waals surface area contributed by atoms with E-state index in [9.17, 15) is 4.79 Å². The van der Waals surface area contributed by atoms with E-state index in [4.69, 9.17) is 10.5 Å². The number of nitrogens with one attached hydrogen (secondary N) is 1. The van der Waals surface area contributed by atoms with Gasteiger partial charge in [-0.3, -0.25) is 9.78 Å². The van der Waals surface area contributed by atoms with E-state index >= 15 is 0 Å². The number of benzene rings is 1. The molecule has 0 spiro atoms. The van der Waals surface area contributed by atoms with Crippen molar-refractivity contribution in [2.24, 2.45) is 5.73 Å². The Morgan fingerprint density at radius 2 is 2.19 bits per heavy atom. The molecular weight excluding hydrogens is 266 g/mol. The summed E-state index contributed by atoms with van der Waals surface area (Å²) in [6, 6.07) is 9.57. The van der Waals surface area contributed by atoms with Crippen molar-refractivity contribution < 1.29 is 9.53 Å². The quantitative estimate of drug-likeness (QED) is 0.899. The lowest BCUT2D eigenvalue weighted by Gasteiger charge is -2.18. The van der Waals surface area contributed by atoms with E-state index in [1.165, 1.54) is 0 Å². The fourth-order valence-corrected chi connectivity index (χ4v) is 2.40. The minimum absolute atomic E-state index is 0.0686. The van der Waals surface area contributed by atoms with E-state index in [2.05, 4.69) is 10.3 Å². The van der Waals surface area contributed by atoms with Gasteiger partial charge in [0.2, 0.25) is 5.91 Å². The lowest BCUT2D eigenvalue weighted by atomic mass is 10.0. The van der Waals surface area contributed by atoms with E-state index in [0.717, 1.165) is 34.7 Å².